The van der Waals surface area contributed by atoms with Gasteiger partial charge in [-0.1, -0.05) is 55.8 Å². The number of hydrogen-bond acceptors (Lipinski definition) is 2. The molecule has 0 fully saturated rings. The zero-order chi connectivity index (χ0) is 15.8. The molecule has 0 aliphatic rings. The second-order valence-electron chi connectivity index (χ2n) is 5.46. The average molecular weight is 291 g/mol. The van der Waals surface area contributed by atoms with E-state index in [1.54, 1.807) is 0 Å². The third kappa shape index (κ3) is 3.67. The molecule has 2 rings (SSSR count). The highest BCUT2D eigenvalue weighted by molar-refractivity contribution is 5.86. The molecular weight excluding hydrogens is 270 g/mol. The molecule has 1 unspecified atom stereocenters. The molecule has 0 aromatic heterocycles. The number of nitrogens with zero attached hydrogens (tertiary/aromatic N) is 1. The molecule has 0 aliphatic heterocycles. The highest BCUT2D eigenvalue weighted by Crippen LogP contribution is 2.31. The van der Waals surface area contributed by atoms with Gasteiger partial charge in [0, 0.05) is 24.8 Å². The minimum absolute atomic E-state index is 0.330. The summed E-state index contributed by atoms with van der Waals surface area (Å²) in [6, 6.07) is 15.6. The number of unbranched alkanes of at least 4 members (excludes halogenated alkanes) is 2. The summed E-state index contributed by atoms with van der Waals surface area (Å²) in [6.07, 6.45) is 3.97. The van der Waals surface area contributed by atoms with Gasteiger partial charge < -0.3 is 5.11 Å². The van der Waals surface area contributed by atoms with Crippen LogP contribution in [0.1, 0.15) is 44.6 Å². The van der Waals surface area contributed by atoms with Gasteiger partial charge in [-0.2, -0.15) is 5.26 Å². The maximum Gasteiger partial charge on any atom is 0.178 e. The lowest BCUT2D eigenvalue weighted by Gasteiger charge is -2.21. The first kappa shape index (κ1) is 16.1. The van der Waals surface area contributed by atoms with Crippen molar-refractivity contribution in [3.63, 3.8) is 0 Å². The Hall–Kier alpha value is -2.29. The molecule has 0 spiro atoms. The first-order valence-corrected chi connectivity index (χ1v) is 7.79. The van der Waals surface area contributed by atoms with Crippen LogP contribution in [-0.2, 0) is 5.60 Å². The van der Waals surface area contributed by atoms with Gasteiger partial charge in [-0.15, -0.1) is 11.8 Å². The Morgan fingerprint density at radius 1 is 1.05 bits per heavy atom. The van der Waals surface area contributed by atoms with E-state index in [0.717, 1.165) is 30.0 Å². The summed E-state index contributed by atoms with van der Waals surface area (Å²) in [7, 11) is 0. The Bertz CT molecular complexity index is 727. The number of rotatable bonds is 5. The topological polar surface area (TPSA) is 44.0 Å². The van der Waals surface area contributed by atoms with E-state index in [2.05, 4.69) is 24.8 Å². The van der Waals surface area contributed by atoms with Crippen LogP contribution in [0.15, 0.2) is 42.5 Å². The summed E-state index contributed by atoms with van der Waals surface area (Å²) in [5.41, 5.74) is -0.816. The summed E-state index contributed by atoms with van der Waals surface area (Å²) in [5.74, 6) is 6.17. The lowest BCUT2D eigenvalue weighted by Crippen LogP contribution is -2.23. The summed E-state index contributed by atoms with van der Waals surface area (Å²) < 4.78 is 0. The van der Waals surface area contributed by atoms with E-state index in [4.69, 9.17) is 0 Å². The van der Waals surface area contributed by atoms with Gasteiger partial charge in [0.2, 0.25) is 0 Å². The predicted molar refractivity (Wildman–Crippen MR) is 90.0 cm³/mol. The number of fused-ring (bicyclic) bond motifs is 1. The minimum atomic E-state index is -1.49. The maximum absolute atomic E-state index is 10.8. The summed E-state index contributed by atoms with van der Waals surface area (Å²) in [5, 5.41) is 22.2. The molecule has 2 heteroatoms. The molecule has 1 atom stereocenters. The van der Waals surface area contributed by atoms with Crippen LogP contribution in [0.3, 0.4) is 0 Å². The van der Waals surface area contributed by atoms with Crippen LogP contribution in [-0.4, -0.2) is 5.11 Å². The molecule has 0 aliphatic carbocycles. The molecule has 1 N–H and O–H groups in total. The smallest absolute Gasteiger partial charge is 0.178 e. The van der Waals surface area contributed by atoms with Crippen molar-refractivity contribution in [3.8, 4) is 17.9 Å². The molecule has 0 saturated carbocycles. The molecule has 0 bridgehead atoms. The van der Waals surface area contributed by atoms with Crippen molar-refractivity contribution >= 4 is 10.8 Å². The van der Waals surface area contributed by atoms with Crippen molar-refractivity contribution in [3.05, 3.63) is 48.0 Å². The van der Waals surface area contributed by atoms with Crippen molar-refractivity contribution in [2.75, 3.05) is 0 Å². The van der Waals surface area contributed by atoms with Crippen LogP contribution < -0.4 is 0 Å². The number of hydrogen-bond donors (Lipinski definition) is 1. The summed E-state index contributed by atoms with van der Waals surface area (Å²) in [6.45, 7) is 2.14. The largest absolute Gasteiger partial charge is 0.371 e. The van der Waals surface area contributed by atoms with E-state index in [1.165, 1.54) is 0 Å². The van der Waals surface area contributed by atoms with Gasteiger partial charge in [-0.25, -0.2) is 0 Å². The normalized spacial score (nSPS) is 13.0. The van der Waals surface area contributed by atoms with Crippen LogP contribution in [0.25, 0.3) is 10.8 Å². The predicted octanol–water partition coefficient (Wildman–Crippen LogP) is 4.52. The lowest BCUT2D eigenvalue weighted by atomic mass is 9.87. The van der Waals surface area contributed by atoms with Crippen LogP contribution in [0.5, 0.6) is 0 Å². The first-order valence-electron chi connectivity index (χ1n) is 7.79. The van der Waals surface area contributed by atoms with Crippen LogP contribution in [0, 0.1) is 23.2 Å². The highest BCUT2D eigenvalue weighted by Gasteiger charge is 2.30. The van der Waals surface area contributed by atoms with E-state index in [1.807, 2.05) is 42.5 Å². The monoisotopic (exact) mass is 291 g/mol. The molecular formula is C20H21NO. The first-order chi connectivity index (χ1) is 10.7. The molecule has 2 aromatic carbocycles. The van der Waals surface area contributed by atoms with Crippen molar-refractivity contribution in [2.24, 2.45) is 0 Å². The second kappa shape index (κ2) is 7.64. The fourth-order valence-electron chi connectivity index (χ4n) is 2.52. The van der Waals surface area contributed by atoms with Crippen LogP contribution >= 0.6 is 0 Å². The van der Waals surface area contributed by atoms with Gasteiger partial charge in [-0.3, -0.25) is 0 Å². The van der Waals surface area contributed by atoms with Gasteiger partial charge in [-0.05, 0) is 17.2 Å². The SMILES string of the molecule is CCCCC#CCCC(O)(C#N)c1cccc2ccccc12. The van der Waals surface area contributed by atoms with E-state index < -0.39 is 5.60 Å². The minimum Gasteiger partial charge on any atom is -0.371 e. The summed E-state index contributed by atoms with van der Waals surface area (Å²) >= 11 is 0. The fraction of sp³-hybridized carbons (Fsp3) is 0.350. The quantitative estimate of drug-likeness (QED) is 0.500. The third-order valence-corrected chi connectivity index (χ3v) is 3.81. The standard InChI is InChI=1S/C20H21NO/c1-2-3-4-5-6-9-15-20(22,16-21)19-14-10-12-17-11-7-8-13-18(17)19/h7-8,10-14,22H,2-4,9,15H2,1H3. The van der Waals surface area contributed by atoms with Gasteiger partial charge in [0.1, 0.15) is 6.07 Å². The highest BCUT2D eigenvalue weighted by atomic mass is 16.3. The average Bonchev–Trinajstić information content (AvgIpc) is 2.57. The number of benzene rings is 2. The Morgan fingerprint density at radius 3 is 2.55 bits per heavy atom. The summed E-state index contributed by atoms with van der Waals surface area (Å²) in [4.78, 5) is 0. The molecule has 22 heavy (non-hydrogen) atoms. The van der Waals surface area contributed by atoms with Crippen LogP contribution in [0.4, 0.5) is 0 Å². The van der Waals surface area contributed by atoms with Crippen molar-refractivity contribution in [1.82, 2.24) is 0 Å². The Kier molecular flexibility index (Phi) is 5.59. The Labute approximate surface area is 132 Å². The van der Waals surface area contributed by atoms with Crippen molar-refractivity contribution < 1.29 is 5.11 Å². The van der Waals surface area contributed by atoms with E-state index in [9.17, 15) is 10.4 Å². The van der Waals surface area contributed by atoms with Crippen molar-refractivity contribution in [1.29, 1.82) is 5.26 Å². The Balaban J connectivity index is 2.21. The maximum atomic E-state index is 10.8. The van der Waals surface area contributed by atoms with E-state index in [-0.39, 0.29) is 0 Å². The van der Waals surface area contributed by atoms with Gasteiger partial charge >= 0.3 is 0 Å². The molecule has 0 radical (unpaired) electrons. The zero-order valence-corrected chi connectivity index (χ0v) is 13.0. The number of aliphatic hydroxyl groups is 1. The second-order valence-corrected chi connectivity index (χ2v) is 5.46. The molecule has 2 aromatic rings. The number of nitriles is 1. The zero-order valence-electron chi connectivity index (χ0n) is 13.0. The molecule has 112 valence electrons. The van der Waals surface area contributed by atoms with Gasteiger partial charge in [0.25, 0.3) is 0 Å². The molecule has 0 amide bonds. The Morgan fingerprint density at radius 2 is 1.77 bits per heavy atom. The van der Waals surface area contributed by atoms with Gasteiger partial charge in [0.05, 0.1) is 0 Å². The molecule has 0 heterocycles. The third-order valence-electron chi connectivity index (χ3n) is 3.81. The van der Waals surface area contributed by atoms with Crippen molar-refractivity contribution in [2.45, 2.75) is 44.6 Å². The molecule has 2 nitrogen and oxygen atoms in total. The van der Waals surface area contributed by atoms with Crippen LogP contribution in [0.2, 0.25) is 0 Å². The van der Waals surface area contributed by atoms with E-state index in [0.29, 0.717) is 18.4 Å². The lowest BCUT2D eigenvalue weighted by molar-refractivity contribution is 0.0911. The molecule has 0 saturated heterocycles. The van der Waals surface area contributed by atoms with Gasteiger partial charge in [0.15, 0.2) is 5.60 Å². The van der Waals surface area contributed by atoms with E-state index >= 15 is 0 Å². The fourth-order valence-corrected chi connectivity index (χ4v) is 2.52.